The van der Waals surface area contributed by atoms with Crippen molar-refractivity contribution >= 4 is 34.5 Å². The van der Waals surface area contributed by atoms with Gasteiger partial charge in [-0.3, -0.25) is 4.79 Å². The van der Waals surface area contributed by atoms with Crippen LogP contribution in [-0.2, 0) is 6.42 Å². The molecule has 2 aromatic rings. The van der Waals surface area contributed by atoms with Gasteiger partial charge in [-0.2, -0.15) is 0 Å². The molecule has 0 aliphatic rings. The van der Waals surface area contributed by atoms with Crippen LogP contribution in [-0.4, -0.2) is 23.7 Å². The Morgan fingerprint density at radius 1 is 1.24 bits per heavy atom. The average Bonchev–Trinajstić information content (AvgIpc) is 2.47. The van der Waals surface area contributed by atoms with Crippen LogP contribution in [0.25, 0.3) is 0 Å². The lowest BCUT2D eigenvalue weighted by molar-refractivity contribution is 0.0913. The van der Waals surface area contributed by atoms with E-state index in [1.165, 1.54) is 0 Å². The number of hydrogen-bond acceptors (Lipinski definition) is 3. The molecule has 3 nitrogen and oxygen atoms in total. The number of aliphatic hydroxyl groups is 1. The zero-order chi connectivity index (χ0) is 15.2. The summed E-state index contributed by atoms with van der Waals surface area (Å²) in [6, 6.07) is 14.7. The van der Waals surface area contributed by atoms with Crippen molar-refractivity contribution in [1.29, 1.82) is 0 Å². The normalized spacial score (nSPS) is 12.0. The van der Waals surface area contributed by atoms with Gasteiger partial charge in [-0.1, -0.05) is 46.3 Å². The lowest BCUT2D eigenvalue weighted by Crippen LogP contribution is -2.39. The molecular weight excluding hydrogens is 350 g/mol. The third-order valence-corrected chi connectivity index (χ3v) is 3.95. The molecule has 0 saturated carbocycles. The van der Waals surface area contributed by atoms with Gasteiger partial charge < -0.3 is 10.4 Å². The van der Waals surface area contributed by atoms with Crippen molar-refractivity contribution in [3.05, 3.63) is 64.1 Å². The van der Waals surface area contributed by atoms with Gasteiger partial charge in [-0.05, 0) is 30.2 Å². The second-order valence-corrected chi connectivity index (χ2v) is 6.10. The highest BCUT2D eigenvalue weighted by molar-refractivity contribution is 9.10. The van der Waals surface area contributed by atoms with E-state index in [9.17, 15) is 9.90 Å². The fourth-order valence-electron chi connectivity index (χ4n) is 2.02. The Labute approximate surface area is 137 Å². The van der Waals surface area contributed by atoms with E-state index in [1.807, 2.05) is 30.3 Å². The van der Waals surface area contributed by atoms with Crippen LogP contribution in [0.5, 0.6) is 0 Å². The summed E-state index contributed by atoms with van der Waals surface area (Å²) in [5.41, 5.74) is 1.56. The highest BCUT2D eigenvalue weighted by Gasteiger charge is 2.15. The van der Waals surface area contributed by atoms with Crippen LogP contribution in [0.4, 0.5) is 0 Å². The number of benzene rings is 2. The predicted octanol–water partition coefficient (Wildman–Crippen LogP) is 3.07. The van der Waals surface area contributed by atoms with E-state index in [0.29, 0.717) is 16.9 Å². The number of nitrogens with one attached hydrogen (secondary N) is 1. The van der Waals surface area contributed by atoms with Crippen LogP contribution in [0.15, 0.2) is 57.9 Å². The van der Waals surface area contributed by atoms with E-state index in [-0.39, 0.29) is 18.6 Å². The highest BCUT2D eigenvalue weighted by atomic mass is 79.9. The van der Waals surface area contributed by atoms with Crippen molar-refractivity contribution in [2.45, 2.75) is 17.4 Å². The summed E-state index contributed by atoms with van der Waals surface area (Å²) in [5.74, 6) is -0.234. The van der Waals surface area contributed by atoms with Crippen molar-refractivity contribution in [3.8, 4) is 0 Å². The molecule has 110 valence electrons. The average molecular weight is 366 g/mol. The van der Waals surface area contributed by atoms with E-state index in [0.717, 1.165) is 10.0 Å². The molecular formula is C16H16BrNO2S. The molecule has 2 N–H and O–H groups in total. The van der Waals surface area contributed by atoms with Gasteiger partial charge >= 0.3 is 0 Å². The van der Waals surface area contributed by atoms with Crippen molar-refractivity contribution in [3.63, 3.8) is 0 Å². The number of hydrogen-bond donors (Lipinski definition) is 3. The smallest absolute Gasteiger partial charge is 0.252 e. The third-order valence-electron chi connectivity index (χ3n) is 3.08. The second-order valence-electron chi connectivity index (χ2n) is 4.70. The molecule has 0 aromatic heterocycles. The maximum Gasteiger partial charge on any atom is 0.252 e. The molecule has 0 aliphatic heterocycles. The molecule has 5 heteroatoms. The topological polar surface area (TPSA) is 49.3 Å². The van der Waals surface area contributed by atoms with E-state index in [1.54, 1.807) is 18.2 Å². The van der Waals surface area contributed by atoms with E-state index in [2.05, 4.69) is 33.9 Å². The van der Waals surface area contributed by atoms with Crippen LogP contribution in [0, 0.1) is 0 Å². The molecule has 2 aromatic carbocycles. The minimum atomic E-state index is -0.323. The largest absolute Gasteiger partial charge is 0.394 e. The van der Waals surface area contributed by atoms with Crippen LogP contribution in [0.2, 0.25) is 0 Å². The van der Waals surface area contributed by atoms with Gasteiger partial charge in [0.05, 0.1) is 18.2 Å². The minimum Gasteiger partial charge on any atom is -0.394 e. The number of thiol groups is 1. The van der Waals surface area contributed by atoms with Gasteiger partial charge in [-0.15, -0.1) is 12.6 Å². The quantitative estimate of drug-likeness (QED) is 0.713. The van der Waals surface area contributed by atoms with Gasteiger partial charge in [0.2, 0.25) is 0 Å². The van der Waals surface area contributed by atoms with Crippen LogP contribution in [0.3, 0.4) is 0 Å². The molecule has 0 fully saturated rings. The zero-order valence-corrected chi connectivity index (χ0v) is 13.8. The maximum atomic E-state index is 12.2. The molecule has 0 aliphatic carbocycles. The van der Waals surface area contributed by atoms with Crippen molar-refractivity contribution < 1.29 is 9.90 Å². The number of halogens is 1. The lowest BCUT2D eigenvalue weighted by atomic mass is 10.1. The van der Waals surface area contributed by atoms with Crippen LogP contribution < -0.4 is 5.32 Å². The van der Waals surface area contributed by atoms with Gasteiger partial charge in [0.15, 0.2) is 0 Å². The molecule has 0 bridgehead atoms. The molecule has 0 saturated heterocycles. The second kappa shape index (κ2) is 7.64. The first kappa shape index (κ1) is 16.1. The first-order valence-corrected chi connectivity index (χ1v) is 7.78. The van der Waals surface area contributed by atoms with Gasteiger partial charge in [0.1, 0.15) is 0 Å². The number of aliphatic hydroxyl groups excluding tert-OH is 1. The van der Waals surface area contributed by atoms with Gasteiger partial charge in [0, 0.05) is 9.37 Å². The monoisotopic (exact) mass is 365 g/mol. The molecule has 21 heavy (non-hydrogen) atoms. The summed E-state index contributed by atoms with van der Waals surface area (Å²) in [7, 11) is 0. The zero-order valence-electron chi connectivity index (χ0n) is 11.3. The van der Waals surface area contributed by atoms with E-state index in [4.69, 9.17) is 0 Å². The Morgan fingerprint density at radius 2 is 1.95 bits per heavy atom. The Kier molecular flexibility index (Phi) is 5.85. The van der Waals surface area contributed by atoms with Crippen molar-refractivity contribution in [2.75, 3.05) is 6.61 Å². The molecule has 0 heterocycles. The Bertz CT molecular complexity index is 619. The van der Waals surface area contributed by atoms with Crippen molar-refractivity contribution in [2.24, 2.45) is 0 Å². The van der Waals surface area contributed by atoms with Crippen LogP contribution >= 0.6 is 28.6 Å². The fraction of sp³-hybridized carbons (Fsp3) is 0.188. The number of carbonyl (C=O) groups is 1. The molecule has 0 radical (unpaired) electrons. The number of carbonyl (C=O) groups excluding carboxylic acids is 1. The maximum absolute atomic E-state index is 12.2. The molecule has 2 rings (SSSR count). The van der Waals surface area contributed by atoms with E-state index < -0.39 is 0 Å². The summed E-state index contributed by atoms with van der Waals surface area (Å²) in [4.78, 5) is 12.8. The summed E-state index contributed by atoms with van der Waals surface area (Å²) < 4.78 is 0.868. The fourth-order valence-corrected chi connectivity index (χ4v) is 2.87. The Hall–Kier alpha value is -1.30. The Balaban J connectivity index is 2.06. The Morgan fingerprint density at radius 3 is 2.57 bits per heavy atom. The highest BCUT2D eigenvalue weighted by Crippen LogP contribution is 2.20. The summed E-state index contributed by atoms with van der Waals surface area (Å²) in [5, 5.41) is 12.3. The third kappa shape index (κ3) is 4.59. The molecule has 1 unspecified atom stereocenters. The lowest BCUT2D eigenvalue weighted by Gasteiger charge is -2.17. The minimum absolute atomic E-state index is 0.112. The number of amides is 1. The standard InChI is InChI=1S/C16H16BrNO2S/c17-12-6-7-14(15(21)9-12)16(20)18-13(10-19)8-11-4-2-1-3-5-11/h1-7,9,13,19,21H,8,10H2,(H,18,20). The summed E-state index contributed by atoms with van der Waals surface area (Å²) in [6.45, 7) is -0.112. The first-order valence-electron chi connectivity index (χ1n) is 6.54. The van der Waals surface area contributed by atoms with Crippen molar-refractivity contribution in [1.82, 2.24) is 5.32 Å². The summed E-state index contributed by atoms with van der Waals surface area (Å²) in [6.07, 6.45) is 0.585. The number of rotatable bonds is 5. The SMILES string of the molecule is O=C(NC(CO)Cc1ccccc1)c1ccc(Br)cc1S. The van der Waals surface area contributed by atoms with Gasteiger partial charge in [0.25, 0.3) is 5.91 Å². The van der Waals surface area contributed by atoms with Gasteiger partial charge in [-0.25, -0.2) is 0 Å². The first-order chi connectivity index (χ1) is 10.1. The van der Waals surface area contributed by atoms with E-state index >= 15 is 0 Å². The molecule has 0 spiro atoms. The summed E-state index contributed by atoms with van der Waals surface area (Å²) >= 11 is 7.64. The predicted molar refractivity (Wildman–Crippen MR) is 89.9 cm³/mol. The molecule has 1 atom stereocenters. The van der Waals surface area contributed by atoms with Crippen LogP contribution in [0.1, 0.15) is 15.9 Å². The molecule has 1 amide bonds.